The number of fused-ring (bicyclic) bond motifs is 1. The van der Waals surface area contributed by atoms with Crippen molar-refractivity contribution in [3.05, 3.63) is 66.2 Å². The van der Waals surface area contributed by atoms with Gasteiger partial charge >= 0.3 is 5.97 Å². The van der Waals surface area contributed by atoms with Gasteiger partial charge in [-0.25, -0.2) is 13.2 Å². The highest BCUT2D eigenvalue weighted by molar-refractivity contribution is 7.92. The molecular formula is C19H17NO5S. The first-order chi connectivity index (χ1) is 12.4. The molecule has 3 aromatic carbocycles. The number of nitrogens with one attached hydrogen (secondary N) is 1. The monoisotopic (exact) mass is 371 g/mol. The Kier molecular flexibility index (Phi) is 4.81. The van der Waals surface area contributed by atoms with Gasteiger partial charge in [0.15, 0.2) is 0 Å². The number of sulfonamides is 1. The van der Waals surface area contributed by atoms with Gasteiger partial charge < -0.3 is 9.47 Å². The molecule has 0 heterocycles. The van der Waals surface area contributed by atoms with Crippen LogP contribution in [0.1, 0.15) is 10.4 Å². The summed E-state index contributed by atoms with van der Waals surface area (Å²) in [5.74, 6) is 0.223. The van der Waals surface area contributed by atoms with E-state index >= 15 is 0 Å². The van der Waals surface area contributed by atoms with Gasteiger partial charge in [0.05, 0.1) is 24.7 Å². The highest BCUT2D eigenvalue weighted by atomic mass is 32.2. The van der Waals surface area contributed by atoms with Crippen molar-refractivity contribution in [1.29, 1.82) is 0 Å². The van der Waals surface area contributed by atoms with E-state index in [0.717, 1.165) is 10.8 Å². The van der Waals surface area contributed by atoms with Crippen LogP contribution < -0.4 is 9.46 Å². The number of hydrogen-bond acceptors (Lipinski definition) is 5. The van der Waals surface area contributed by atoms with Crippen LogP contribution in [-0.2, 0) is 14.8 Å². The van der Waals surface area contributed by atoms with E-state index in [1.165, 1.54) is 37.4 Å². The van der Waals surface area contributed by atoms with Crippen LogP contribution in [0.4, 0.5) is 5.69 Å². The maximum atomic E-state index is 12.6. The minimum absolute atomic E-state index is 0.146. The van der Waals surface area contributed by atoms with Crippen molar-refractivity contribution in [1.82, 2.24) is 0 Å². The average Bonchev–Trinajstić information content (AvgIpc) is 2.66. The molecule has 134 valence electrons. The molecule has 0 atom stereocenters. The lowest BCUT2D eigenvalue weighted by atomic mass is 10.1. The lowest BCUT2D eigenvalue weighted by molar-refractivity contribution is 0.0601. The first-order valence-corrected chi connectivity index (χ1v) is 9.20. The van der Waals surface area contributed by atoms with E-state index in [1.807, 2.05) is 6.07 Å². The standard InChI is InChI=1S/C19H17NO5S/c1-24-17-9-5-15-12-18(10-6-14(15)11-17)26(22,23)20-16-7-3-13(4-8-16)19(21)25-2/h3-12,20H,1-2H3. The molecule has 0 fully saturated rings. The number of carbonyl (C=O) groups excluding carboxylic acids is 1. The molecule has 0 aliphatic heterocycles. The predicted octanol–water partition coefficient (Wildman–Crippen LogP) is 3.44. The Labute approximate surface area is 151 Å². The van der Waals surface area contributed by atoms with Crippen molar-refractivity contribution in [3.8, 4) is 5.75 Å². The molecule has 0 aromatic heterocycles. The molecule has 0 amide bonds. The highest BCUT2D eigenvalue weighted by Crippen LogP contribution is 2.25. The van der Waals surface area contributed by atoms with Gasteiger partial charge in [-0.15, -0.1) is 0 Å². The van der Waals surface area contributed by atoms with Crippen LogP contribution >= 0.6 is 0 Å². The molecule has 7 heteroatoms. The summed E-state index contributed by atoms with van der Waals surface area (Å²) >= 11 is 0. The van der Waals surface area contributed by atoms with Gasteiger partial charge in [0, 0.05) is 5.69 Å². The Morgan fingerprint density at radius 3 is 2.19 bits per heavy atom. The number of esters is 1. The molecule has 0 bridgehead atoms. The fourth-order valence-corrected chi connectivity index (χ4v) is 3.60. The Hall–Kier alpha value is -3.06. The summed E-state index contributed by atoms with van der Waals surface area (Å²) in [5.41, 5.74) is 0.697. The number of carbonyl (C=O) groups is 1. The first kappa shape index (κ1) is 17.8. The number of rotatable bonds is 5. The fourth-order valence-electron chi connectivity index (χ4n) is 2.50. The maximum absolute atomic E-state index is 12.6. The van der Waals surface area contributed by atoms with Crippen LogP contribution in [0.25, 0.3) is 10.8 Å². The normalized spacial score (nSPS) is 11.2. The van der Waals surface area contributed by atoms with E-state index in [1.54, 1.807) is 31.4 Å². The molecule has 0 saturated carbocycles. The SMILES string of the molecule is COC(=O)c1ccc(NS(=O)(=O)c2ccc3cc(OC)ccc3c2)cc1. The van der Waals surface area contributed by atoms with E-state index in [9.17, 15) is 13.2 Å². The van der Waals surface area contributed by atoms with Crippen molar-refractivity contribution in [2.45, 2.75) is 4.90 Å². The van der Waals surface area contributed by atoms with E-state index < -0.39 is 16.0 Å². The number of methoxy groups -OCH3 is 2. The molecule has 0 aliphatic rings. The van der Waals surface area contributed by atoms with Gasteiger partial charge in [-0.2, -0.15) is 0 Å². The summed E-state index contributed by atoms with van der Waals surface area (Å²) in [6, 6.07) is 16.3. The summed E-state index contributed by atoms with van der Waals surface area (Å²) in [6.07, 6.45) is 0. The molecule has 0 unspecified atom stereocenters. The zero-order chi connectivity index (χ0) is 18.7. The molecule has 0 saturated heterocycles. The van der Waals surface area contributed by atoms with Crippen LogP contribution in [0, 0.1) is 0 Å². The number of benzene rings is 3. The Morgan fingerprint density at radius 1 is 0.885 bits per heavy atom. The van der Waals surface area contributed by atoms with E-state index in [-0.39, 0.29) is 4.90 Å². The molecule has 6 nitrogen and oxygen atoms in total. The number of anilines is 1. The molecule has 26 heavy (non-hydrogen) atoms. The van der Waals surface area contributed by atoms with Crippen LogP contribution in [-0.4, -0.2) is 28.6 Å². The summed E-state index contributed by atoms with van der Waals surface area (Å²) < 4.78 is 37.5. The van der Waals surface area contributed by atoms with Gasteiger partial charge in [0.1, 0.15) is 5.75 Å². The molecule has 0 spiro atoms. The fraction of sp³-hybridized carbons (Fsp3) is 0.105. The second-order valence-corrected chi connectivity index (χ2v) is 7.23. The molecule has 0 radical (unpaired) electrons. The molecule has 3 rings (SSSR count). The molecule has 3 aromatic rings. The van der Waals surface area contributed by atoms with Gasteiger partial charge in [0.2, 0.25) is 0 Å². The van der Waals surface area contributed by atoms with Crippen LogP contribution in [0.2, 0.25) is 0 Å². The lowest BCUT2D eigenvalue weighted by Crippen LogP contribution is -2.13. The average molecular weight is 371 g/mol. The summed E-state index contributed by atoms with van der Waals surface area (Å²) in [4.78, 5) is 11.6. The van der Waals surface area contributed by atoms with Crippen molar-refractivity contribution in [2.75, 3.05) is 18.9 Å². The quantitative estimate of drug-likeness (QED) is 0.695. The van der Waals surface area contributed by atoms with Crippen molar-refractivity contribution < 1.29 is 22.7 Å². The largest absolute Gasteiger partial charge is 0.497 e. The van der Waals surface area contributed by atoms with E-state index in [4.69, 9.17) is 4.74 Å². The van der Waals surface area contributed by atoms with Crippen LogP contribution in [0.5, 0.6) is 5.75 Å². The zero-order valence-electron chi connectivity index (χ0n) is 14.2. The van der Waals surface area contributed by atoms with Crippen molar-refractivity contribution in [3.63, 3.8) is 0 Å². The Bertz CT molecular complexity index is 1060. The molecule has 0 aliphatic carbocycles. The lowest BCUT2D eigenvalue weighted by Gasteiger charge is -2.10. The minimum atomic E-state index is -3.76. The van der Waals surface area contributed by atoms with Gasteiger partial charge in [-0.1, -0.05) is 12.1 Å². The third kappa shape index (κ3) is 3.62. The van der Waals surface area contributed by atoms with E-state index in [0.29, 0.717) is 17.0 Å². The zero-order valence-corrected chi connectivity index (χ0v) is 15.0. The highest BCUT2D eigenvalue weighted by Gasteiger charge is 2.15. The predicted molar refractivity (Wildman–Crippen MR) is 99.1 cm³/mol. The van der Waals surface area contributed by atoms with Crippen LogP contribution in [0.15, 0.2) is 65.6 Å². The molecule has 1 N–H and O–H groups in total. The second-order valence-electron chi connectivity index (χ2n) is 5.55. The Morgan fingerprint density at radius 2 is 1.54 bits per heavy atom. The number of hydrogen-bond donors (Lipinski definition) is 1. The van der Waals surface area contributed by atoms with Crippen LogP contribution in [0.3, 0.4) is 0 Å². The first-order valence-electron chi connectivity index (χ1n) is 7.72. The third-order valence-corrected chi connectivity index (χ3v) is 5.27. The third-order valence-electron chi connectivity index (χ3n) is 3.89. The molecular weight excluding hydrogens is 354 g/mol. The van der Waals surface area contributed by atoms with Gasteiger partial charge in [-0.05, 0) is 59.3 Å². The van der Waals surface area contributed by atoms with Gasteiger partial charge in [0.25, 0.3) is 10.0 Å². The topological polar surface area (TPSA) is 81.7 Å². The summed E-state index contributed by atoms with van der Waals surface area (Å²) in [6.45, 7) is 0. The maximum Gasteiger partial charge on any atom is 0.337 e. The summed E-state index contributed by atoms with van der Waals surface area (Å²) in [7, 11) is -0.892. The van der Waals surface area contributed by atoms with Gasteiger partial charge in [-0.3, -0.25) is 4.72 Å². The number of ether oxygens (including phenoxy) is 2. The smallest absolute Gasteiger partial charge is 0.337 e. The minimum Gasteiger partial charge on any atom is -0.497 e. The second kappa shape index (κ2) is 7.05. The van der Waals surface area contributed by atoms with E-state index in [2.05, 4.69) is 9.46 Å². The summed E-state index contributed by atoms with van der Waals surface area (Å²) in [5, 5.41) is 1.67. The Balaban J connectivity index is 1.87. The van der Waals surface area contributed by atoms with Crippen molar-refractivity contribution >= 4 is 32.5 Å². The van der Waals surface area contributed by atoms with Crippen molar-refractivity contribution in [2.24, 2.45) is 0 Å².